The molecule has 5 N–H and O–H groups in total. The van der Waals surface area contributed by atoms with E-state index in [0.29, 0.717) is 6.04 Å². The molecule has 1 aliphatic carbocycles. The predicted molar refractivity (Wildman–Crippen MR) is 75.0 cm³/mol. The zero-order valence-corrected chi connectivity index (χ0v) is 11.1. The van der Waals surface area contributed by atoms with Crippen LogP contribution in [0.15, 0.2) is 0 Å². The van der Waals surface area contributed by atoms with Gasteiger partial charge in [0.1, 0.15) is 7.85 Å². The molecule has 2 rings (SSSR count). The molecule has 104 valence electrons. The molecule has 0 radical (unpaired) electrons. The van der Waals surface area contributed by atoms with E-state index in [0.717, 1.165) is 12.8 Å². The summed E-state index contributed by atoms with van der Waals surface area (Å²) in [5, 5.41) is 42.3. The molecular weight excluding hydrogens is 245 g/mol. The van der Waals surface area contributed by atoms with Gasteiger partial charge in [-0.05, 0) is 12.8 Å². The van der Waals surface area contributed by atoms with Gasteiger partial charge >= 0.3 is 0 Å². The van der Waals surface area contributed by atoms with Crippen molar-refractivity contribution in [3.8, 4) is 23.0 Å². The number of nitrogens with one attached hydrogen (secondary N) is 1. The first kappa shape index (κ1) is 13.9. The van der Waals surface area contributed by atoms with Crippen LogP contribution in [0.25, 0.3) is 0 Å². The van der Waals surface area contributed by atoms with Crippen LogP contribution >= 0.6 is 0 Å². The maximum absolute atomic E-state index is 9.85. The van der Waals surface area contributed by atoms with E-state index in [1.54, 1.807) is 0 Å². The normalized spacial score (nSPS) is 16.6. The Hall–Kier alpha value is -1.56. The summed E-state index contributed by atoms with van der Waals surface area (Å²) in [6.07, 6.45) is 5.76. The largest absolute Gasteiger partial charge is 0.505 e. The fourth-order valence-corrected chi connectivity index (χ4v) is 2.59. The van der Waals surface area contributed by atoms with Crippen LogP contribution < -0.4 is 10.8 Å². The number of phenolic OH excluding ortho intramolecular Hbond substituents is 4. The van der Waals surface area contributed by atoms with Crippen LogP contribution in [-0.2, 0) is 6.54 Å². The average Bonchev–Trinajstić information content (AvgIpc) is 2.44. The minimum atomic E-state index is -0.379. The molecule has 0 saturated heterocycles. The molecule has 5 nitrogen and oxygen atoms in total. The van der Waals surface area contributed by atoms with Crippen LogP contribution in [0.1, 0.15) is 37.7 Å². The summed E-state index contributed by atoms with van der Waals surface area (Å²) in [5.74, 6) is -1.49. The Morgan fingerprint density at radius 2 is 1.42 bits per heavy atom. The highest BCUT2D eigenvalue weighted by molar-refractivity contribution is 6.36. The quantitative estimate of drug-likeness (QED) is 0.305. The van der Waals surface area contributed by atoms with Gasteiger partial charge in [-0.2, -0.15) is 0 Å². The third kappa shape index (κ3) is 2.73. The number of phenols is 4. The van der Waals surface area contributed by atoms with Crippen molar-refractivity contribution in [3.63, 3.8) is 0 Å². The Labute approximate surface area is 113 Å². The highest BCUT2D eigenvalue weighted by Gasteiger charge is 2.21. The molecule has 0 heterocycles. The number of rotatable bonds is 3. The summed E-state index contributed by atoms with van der Waals surface area (Å²) in [4.78, 5) is 0. The fourth-order valence-electron chi connectivity index (χ4n) is 2.59. The zero-order valence-electron chi connectivity index (χ0n) is 11.1. The standard InChI is InChI=1S/C13H20BNO4/c14-9-12(18)10(16)8(11(17)13(9)19)6-15-7-4-2-1-3-5-7/h7,15-19H,1-6,14H2. The van der Waals surface area contributed by atoms with Crippen LogP contribution in [0.5, 0.6) is 23.0 Å². The summed E-state index contributed by atoms with van der Waals surface area (Å²) in [6.45, 7) is 0.226. The van der Waals surface area contributed by atoms with Crippen molar-refractivity contribution in [2.45, 2.75) is 44.7 Å². The highest BCUT2D eigenvalue weighted by atomic mass is 16.3. The third-order valence-electron chi connectivity index (χ3n) is 3.90. The topological polar surface area (TPSA) is 93.0 Å². The van der Waals surface area contributed by atoms with Crippen LogP contribution in [0.4, 0.5) is 0 Å². The van der Waals surface area contributed by atoms with Gasteiger partial charge < -0.3 is 25.7 Å². The lowest BCUT2D eigenvalue weighted by Crippen LogP contribution is -2.30. The molecule has 19 heavy (non-hydrogen) atoms. The average molecular weight is 265 g/mol. The second-order valence-corrected chi connectivity index (χ2v) is 5.21. The lowest BCUT2D eigenvalue weighted by atomic mass is 9.90. The molecule has 1 saturated carbocycles. The Morgan fingerprint density at radius 3 is 1.95 bits per heavy atom. The summed E-state index contributed by atoms with van der Waals surface area (Å²) in [5.41, 5.74) is 0.225. The monoisotopic (exact) mass is 265 g/mol. The Bertz CT molecular complexity index is 443. The van der Waals surface area contributed by atoms with Crippen LogP contribution in [0.3, 0.4) is 0 Å². The molecule has 1 aromatic carbocycles. The van der Waals surface area contributed by atoms with E-state index in [2.05, 4.69) is 5.32 Å². The molecule has 0 aromatic heterocycles. The number of aromatic hydroxyl groups is 4. The van der Waals surface area contributed by atoms with Gasteiger partial charge in [-0.3, -0.25) is 0 Å². The molecule has 6 heteroatoms. The van der Waals surface area contributed by atoms with Crippen LogP contribution in [0.2, 0.25) is 0 Å². The molecule has 0 atom stereocenters. The molecule has 0 bridgehead atoms. The summed E-state index contributed by atoms with van der Waals surface area (Å²) < 4.78 is 0. The molecule has 1 aliphatic rings. The van der Waals surface area contributed by atoms with Crippen molar-refractivity contribution >= 4 is 13.3 Å². The van der Waals surface area contributed by atoms with Gasteiger partial charge in [0, 0.05) is 18.0 Å². The molecular formula is C13H20BNO4. The minimum absolute atomic E-state index is 0.0800. The first-order chi connectivity index (χ1) is 9.02. The van der Waals surface area contributed by atoms with Gasteiger partial charge in [0.15, 0.2) is 23.0 Å². The van der Waals surface area contributed by atoms with Gasteiger partial charge in [-0.25, -0.2) is 0 Å². The highest BCUT2D eigenvalue weighted by Crippen LogP contribution is 2.39. The summed E-state index contributed by atoms with van der Waals surface area (Å²) >= 11 is 0. The first-order valence-corrected chi connectivity index (χ1v) is 6.71. The maximum Gasteiger partial charge on any atom is 0.165 e. The summed E-state index contributed by atoms with van der Waals surface area (Å²) in [7, 11) is 1.43. The number of benzene rings is 1. The van der Waals surface area contributed by atoms with Gasteiger partial charge in [-0.1, -0.05) is 19.3 Å². The third-order valence-corrected chi connectivity index (χ3v) is 3.90. The Morgan fingerprint density at radius 1 is 0.895 bits per heavy atom. The lowest BCUT2D eigenvalue weighted by Gasteiger charge is -2.23. The van der Waals surface area contributed by atoms with Crippen molar-refractivity contribution in [1.82, 2.24) is 5.32 Å². The van der Waals surface area contributed by atoms with Gasteiger partial charge in [0.25, 0.3) is 0 Å². The van der Waals surface area contributed by atoms with E-state index in [9.17, 15) is 20.4 Å². The summed E-state index contributed by atoms with van der Waals surface area (Å²) in [6, 6.07) is 0.359. The van der Waals surface area contributed by atoms with Crippen LogP contribution in [0, 0.1) is 0 Å². The minimum Gasteiger partial charge on any atom is -0.505 e. The second-order valence-electron chi connectivity index (χ2n) is 5.21. The van der Waals surface area contributed by atoms with Gasteiger partial charge in [0.05, 0.1) is 5.56 Å². The molecule has 0 unspecified atom stereocenters. The smallest absolute Gasteiger partial charge is 0.165 e. The predicted octanol–water partition coefficient (Wildman–Crippen LogP) is 0.190. The number of hydrogen-bond acceptors (Lipinski definition) is 5. The van der Waals surface area contributed by atoms with E-state index >= 15 is 0 Å². The molecule has 1 aromatic rings. The van der Waals surface area contributed by atoms with Crippen molar-refractivity contribution in [2.75, 3.05) is 0 Å². The van der Waals surface area contributed by atoms with Gasteiger partial charge in [-0.15, -0.1) is 0 Å². The zero-order chi connectivity index (χ0) is 14.0. The molecule has 0 amide bonds. The van der Waals surface area contributed by atoms with Gasteiger partial charge in [0.2, 0.25) is 0 Å². The van der Waals surface area contributed by atoms with E-state index in [4.69, 9.17) is 0 Å². The van der Waals surface area contributed by atoms with Crippen molar-refractivity contribution < 1.29 is 20.4 Å². The Kier molecular flexibility index (Phi) is 4.09. The second kappa shape index (κ2) is 5.61. The van der Waals surface area contributed by atoms with E-state index < -0.39 is 0 Å². The lowest BCUT2D eigenvalue weighted by molar-refractivity contribution is 0.348. The van der Waals surface area contributed by atoms with Crippen molar-refractivity contribution in [1.29, 1.82) is 0 Å². The number of hydrogen-bond donors (Lipinski definition) is 5. The fraction of sp³-hybridized carbons (Fsp3) is 0.538. The molecule has 0 aliphatic heterocycles. The van der Waals surface area contributed by atoms with Crippen molar-refractivity contribution in [2.24, 2.45) is 0 Å². The Balaban J connectivity index is 2.15. The van der Waals surface area contributed by atoms with Crippen molar-refractivity contribution in [3.05, 3.63) is 5.56 Å². The van der Waals surface area contributed by atoms with E-state index in [1.807, 2.05) is 0 Å². The SMILES string of the molecule is Bc1c(O)c(O)c(CNC2CCCCC2)c(O)c1O. The van der Waals surface area contributed by atoms with E-state index in [-0.39, 0.29) is 40.6 Å². The van der Waals surface area contributed by atoms with Crippen LogP contribution in [-0.4, -0.2) is 34.3 Å². The molecule has 1 fully saturated rings. The first-order valence-electron chi connectivity index (χ1n) is 6.71. The molecule has 0 spiro atoms. The maximum atomic E-state index is 9.85. The van der Waals surface area contributed by atoms with E-state index in [1.165, 1.54) is 27.1 Å².